The van der Waals surface area contributed by atoms with E-state index >= 15 is 0 Å². The van der Waals surface area contributed by atoms with E-state index in [0.29, 0.717) is 11.3 Å². The summed E-state index contributed by atoms with van der Waals surface area (Å²) in [6.07, 6.45) is 0. The monoisotopic (exact) mass is 338 g/mol. The summed E-state index contributed by atoms with van der Waals surface area (Å²) in [5.74, 6) is -1.34. The first-order chi connectivity index (χ1) is 9.47. The number of rotatable bonds is 4. The zero-order valence-electron chi connectivity index (χ0n) is 10.7. The summed E-state index contributed by atoms with van der Waals surface area (Å²) in [6.45, 7) is 2.09. The van der Waals surface area contributed by atoms with Crippen LogP contribution in [0.4, 0.5) is 4.39 Å². The third kappa shape index (κ3) is 3.36. The topological polar surface area (TPSA) is 46.5 Å². The van der Waals surface area contributed by atoms with Gasteiger partial charge in [-0.15, -0.1) is 0 Å². The second kappa shape index (κ2) is 6.05. The lowest BCUT2D eigenvalue weighted by molar-refractivity contribution is 0.0691. The molecular formula is C15H12BrFO3. The van der Waals surface area contributed by atoms with Crippen molar-refractivity contribution in [2.75, 3.05) is 0 Å². The van der Waals surface area contributed by atoms with Gasteiger partial charge in [-0.2, -0.15) is 0 Å². The summed E-state index contributed by atoms with van der Waals surface area (Å²) < 4.78 is 19.8. The molecule has 0 aromatic heterocycles. The van der Waals surface area contributed by atoms with Crippen molar-refractivity contribution in [1.29, 1.82) is 0 Å². The molecule has 2 aromatic carbocycles. The second-order valence-electron chi connectivity index (χ2n) is 4.32. The van der Waals surface area contributed by atoms with Crippen LogP contribution in [0.25, 0.3) is 0 Å². The number of benzene rings is 2. The van der Waals surface area contributed by atoms with Gasteiger partial charge < -0.3 is 9.84 Å². The molecule has 2 aromatic rings. The van der Waals surface area contributed by atoms with E-state index < -0.39 is 11.8 Å². The van der Waals surface area contributed by atoms with Gasteiger partial charge in [0.1, 0.15) is 18.2 Å². The van der Waals surface area contributed by atoms with Crippen LogP contribution in [0, 0.1) is 12.7 Å². The SMILES string of the molecule is Cc1ccc(Br)cc1OCc1ccc(F)c(C(=O)O)c1. The Balaban J connectivity index is 2.17. The zero-order chi connectivity index (χ0) is 14.7. The maximum atomic E-state index is 13.3. The molecule has 0 aliphatic heterocycles. The third-order valence-electron chi connectivity index (χ3n) is 2.81. The number of aryl methyl sites for hydroxylation is 1. The van der Waals surface area contributed by atoms with Crippen LogP contribution in [0.3, 0.4) is 0 Å². The quantitative estimate of drug-likeness (QED) is 0.909. The number of aromatic carboxylic acids is 1. The van der Waals surface area contributed by atoms with Gasteiger partial charge in [0.15, 0.2) is 0 Å². The first-order valence-electron chi connectivity index (χ1n) is 5.88. The third-order valence-corrected chi connectivity index (χ3v) is 3.30. The van der Waals surface area contributed by atoms with Crippen molar-refractivity contribution in [1.82, 2.24) is 0 Å². The van der Waals surface area contributed by atoms with Crippen LogP contribution in [-0.4, -0.2) is 11.1 Å². The van der Waals surface area contributed by atoms with Gasteiger partial charge in [-0.05, 0) is 42.3 Å². The molecule has 0 unspecified atom stereocenters. The minimum Gasteiger partial charge on any atom is -0.489 e. The maximum absolute atomic E-state index is 13.3. The molecule has 2 rings (SSSR count). The highest BCUT2D eigenvalue weighted by atomic mass is 79.9. The van der Waals surface area contributed by atoms with E-state index in [1.54, 1.807) is 0 Å². The Hall–Kier alpha value is -1.88. The van der Waals surface area contributed by atoms with Gasteiger partial charge >= 0.3 is 5.97 Å². The fourth-order valence-corrected chi connectivity index (χ4v) is 2.06. The van der Waals surface area contributed by atoms with E-state index in [1.807, 2.05) is 25.1 Å². The molecule has 0 heterocycles. The minimum absolute atomic E-state index is 0.178. The number of carbonyl (C=O) groups is 1. The van der Waals surface area contributed by atoms with E-state index in [0.717, 1.165) is 16.1 Å². The highest BCUT2D eigenvalue weighted by Gasteiger charge is 2.11. The molecule has 0 fully saturated rings. The van der Waals surface area contributed by atoms with Gasteiger partial charge in [0, 0.05) is 4.47 Å². The van der Waals surface area contributed by atoms with Crippen LogP contribution in [0.15, 0.2) is 40.9 Å². The van der Waals surface area contributed by atoms with Crippen LogP contribution in [-0.2, 0) is 6.61 Å². The molecule has 0 saturated carbocycles. The van der Waals surface area contributed by atoms with Crippen LogP contribution < -0.4 is 4.74 Å². The summed E-state index contributed by atoms with van der Waals surface area (Å²) in [6, 6.07) is 9.57. The van der Waals surface area contributed by atoms with Crippen molar-refractivity contribution in [3.63, 3.8) is 0 Å². The highest BCUT2D eigenvalue weighted by Crippen LogP contribution is 2.24. The van der Waals surface area contributed by atoms with E-state index in [2.05, 4.69) is 15.9 Å². The summed E-state index contributed by atoms with van der Waals surface area (Å²) in [7, 11) is 0. The molecule has 104 valence electrons. The molecule has 0 atom stereocenters. The van der Waals surface area contributed by atoms with Crippen LogP contribution in [0.5, 0.6) is 5.75 Å². The molecule has 3 nitrogen and oxygen atoms in total. The smallest absolute Gasteiger partial charge is 0.338 e. The van der Waals surface area contributed by atoms with Gasteiger partial charge in [0.25, 0.3) is 0 Å². The van der Waals surface area contributed by atoms with Gasteiger partial charge in [-0.25, -0.2) is 9.18 Å². The van der Waals surface area contributed by atoms with Crippen molar-refractivity contribution in [2.45, 2.75) is 13.5 Å². The van der Waals surface area contributed by atoms with Crippen LogP contribution in [0.1, 0.15) is 21.5 Å². The molecule has 1 N–H and O–H groups in total. The van der Waals surface area contributed by atoms with E-state index in [-0.39, 0.29) is 12.2 Å². The summed E-state index contributed by atoms with van der Waals surface area (Å²) in [5.41, 5.74) is 1.22. The molecular weight excluding hydrogens is 327 g/mol. The molecule has 0 aliphatic carbocycles. The average molecular weight is 339 g/mol. The normalized spacial score (nSPS) is 10.3. The summed E-state index contributed by atoms with van der Waals surface area (Å²) >= 11 is 3.36. The lowest BCUT2D eigenvalue weighted by Gasteiger charge is -2.10. The van der Waals surface area contributed by atoms with Gasteiger partial charge in [0.2, 0.25) is 0 Å². The standard InChI is InChI=1S/C15H12BrFO3/c1-9-2-4-11(16)7-14(9)20-8-10-3-5-13(17)12(6-10)15(18)19/h2-7H,8H2,1H3,(H,18,19). The largest absolute Gasteiger partial charge is 0.489 e. The predicted molar refractivity (Wildman–Crippen MR) is 76.6 cm³/mol. The molecule has 0 bridgehead atoms. The Morgan fingerprint density at radius 2 is 2.05 bits per heavy atom. The van der Waals surface area contributed by atoms with Crippen molar-refractivity contribution in [3.05, 3.63) is 63.4 Å². The highest BCUT2D eigenvalue weighted by molar-refractivity contribution is 9.10. The summed E-state index contributed by atoms with van der Waals surface area (Å²) in [5, 5.41) is 8.87. The Labute approximate surface area is 124 Å². The maximum Gasteiger partial charge on any atom is 0.338 e. The van der Waals surface area contributed by atoms with Gasteiger partial charge in [-0.1, -0.05) is 28.1 Å². The lowest BCUT2D eigenvalue weighted by Crippen LogP contribution is -2.04. The first kappa shape index (κ1) is 14.5. The van der Waals surface area contributed by atoms with Gasteiger partial charge in [0.05, 0.1) is 5.56 Å². The Bertz CT molecular complexity index is 656. The summed E-state index contributed by atoms with van der Waals surface area (Å²) in [4.78, 5) is 10.9. The van der Waals surface area contributed by atoms with Crippen molar-refractivity contribution >= 4 is 21.9 Å². The number of carboxylic acid groups (broad SMARTS) is 1. The van der Waals surface area contributed by atoms with Crippen LogP contribution >= 0.6 is 15.9 Å². The fourth-order valence-electron chi connectivity index (χ4n) is 1.72. The van der Waals surface area contributed by atoms with E-state index in [1.165, 1.54) is 12.1 Å². The molecule has 0 radical (unpaired) electrons. The number of carboxylic acids is 1. The molecule has 5 heteroatoms. The van der Waals surface area contributed by atoms with Crippen LogP contribution in [0.2, 0.25) is 0 Å². The Morgan fingerprint density at radius 1 is 1.30 bits per heavy atom. The van der Waals surface area contributed by atoms with E-state index in [9.17, 15) is 9.18 Å². The zero-order valence-corrected chi connectivity index (χ0v) is 12.3. The number of ether oxygens (including phenoxy) is 1. The second-order valence-corrected chi connectivity index (χ2v) is 5.23. The van der Waals surface area contributed by atoms with Crippen molar-refractivity contribution in [3.8, 4) is 5.75 Å². The Kier molecular flexibility index (Phi) is 4.39. The van der Waals surface area contributed by atoms with Crippen molar-refractivity contribution < 1.29 is 19.0 Å². The molecule has 0 aliphatic rings. The number of halogens is 2. The molecule has 0 spiro atoms. The van der Waals surface area contributed by atoms with Gasteiger partial charge in [-0.3, -0.25) is 0 Å². The average Bonchev–Trinajstić information content (AvgIpc) is 2.41. The fraction of sp³-hybridized carbons (Fsp3) is 0.133. The molecule has 20 heavy (non-hydrogen) atoms. The number of hydrogen-bond acceptors (Lipinski definition) is 2. The van der Waals surface area contributed by atoms with Crippen molar-refractivity contribution in [2.24, 2.45) is 0 Å². The lowest BCUT2D eigenvalue weighted by atomic mass is 10.1. The molecule has 0 amide bonds. The van der Waals surface area contributed by atoms with E-state index in [4.69, 9.17) is 9.84 Å². The Morgan fingerprint density at radius 3 is 2.75 bits per heavy atom. The minimum atomic E-state index is -1.29. The molecule has 0 saturated heterocycles. The first-order valence-corrected chi connectivity index (χ1v) is 6.67. The predicted octanol–water partition coefficient (Wildman–Crippen LogP) is 4.17. The number of hydrogen-bond donors (Lipinski definition) is 1.